The van der Waals surface area contributed by atoms with Crippen LogP contribution >= 0.6 is 0 Å². The van der Waals surface area contributed by atoms with Gasteiger partial charge in [-0.25, -0.2) is 0 Å². The fourth-order valence-corrected chi connectivity index (χ4v) is 1.66. The number of anilines is 1. The predicted molar refractivity (Wildman–Crippen MR) is 80.5 cm³/mol. The van der Waals surface area contributed by atoms with Gasteiger partial charge in [-0.15, -0.1) is 0 Å². The van der Waals surface area contributed by atoms with Crippen molar-refractivity contribution in [2.45, 2.75) is 32.7 Å². The van der Waals surface area contributed by atoms with E-state index in [1.165, 1.54) is 0 Å². The molecule has 1 aromatic rings. The van der Waals surface area contributed by atoms with Crippen LogP contribution in [0.4, 0.5) is 5.69 Å². The average Bonchev–Trinajstić information content (AvgIpc) is 2.35. The predicted octanol–water partition coefficient (Wildman–Crippen LogP) is 1.78. The van der Waals surface area contributed by atoms with E-state index in [-0.39, 0.29) is 11.4 Å². The van der Waals surface area contributed by atoms with Crippen LogP contribution in [0.25, 0.3) is 0 Å². The van der Waals surface area contributed by atoms with Crippen molar-refractivity contribution in [1.29, 1.82) is 0 Å². The maximum Gasteiger partial charge on any atom is 0.224 e. The Labute approximate surface area is 116 Å². The van der Waals surface area contributed by atoms with Crippen LogP contribution < -0.4 is 16.0 Å². The van der Waals surface area contributed by atoms with Gasteiger partial charge in [0.2, 0.25) is 5.91 Å². The highest BCUT2D eigenvalue weighted by molar-refractivity contribution is 5.78. The second kappa shape index (κ2) is 7.14. The molecule has 106 valence electrons. The SMILES string of the molecule is CNC(=O)Cc1ccc(NCCNC(C)(C)C)cc1. The fourth-order valence-electron chi connectivity index (χ4n) is 1.66. The van der Waals surface area contributed by atoms with Gasteiger partial charge in [0.25, 0.3) is 0 Å². The number of amides is 1. The summed E-state index contributed by atoms with van der Waals surface area (Å²) in [6.45, 7) is 8.26. The molecule has 0 radical (unpaired) electrons. The molecule has 1 rings (SSSR count). The van der Waals surface area contributed by atoms with E-state index in [9.17, 15) is 4.79 Å². The largest absolute Gasteiger partial charge is 0.384 e. The van der Waals surface area contributed by atoms with Crippen LogP contribution in [-0.2, 0) is 11.2 Å². The quantitative estimate of drug-likeness (QED) is 0.686. The maximum atomic E-state index is 11.2. The molecule has 0 atom stereocenters. The number of carbonyl (C=O) groups is 1. The van der Waals surface area contributed by atoms with Crippen molar-refractivity contribution in [3.05, 3.63) is 29.8 Å². The van der Waals surface area contributed by atoms with Crippen molar-refractivity contribution in [1.82, 2.24) is 10.6 Å². The van der Waals surface area contributed by atoms with Crippen LogP contribution in [0, 0.1) is 0 Å². The first-order chi connectivity index (χ1) is 8.90. The highest BCUT2D eigenvalue weighted by atomic mass is 16.1. The summed E-state index contributed by atoms with van der Waals surface area (Å²) in [5, 5.41) is 9.39. The summed E-state index contributed by atoms with van der Waals surface area (Å²) in [6.07, 6.45) is 0.433. The van der Waals surface area contributed by atoms with Gasteiger partial charge in [0.05, 0.1) is 6.42 Å². The van der Waals surface area contributed by atoms with E-state index < -0.39 is 0 Å². The van der Waals surface area contributed by atoms with Gasteiger partial charge in [-0.3, -0.25) is 4.79 Å². The summed E-state index contributed by atoms with van der Waals surface area (Å²) in [5.41, 5.74) is 2.26. The third kappa shape index (κ3) is 6.82. The molecule has 0 aromatic heterocycles. The van der Waals surface area contributed by atoms with E-state index in [0.717, 1.165) is 24.3 Å². The van der Waals surface area contributed by atoms with Gasteiger partial charge >= 0.3 is 0 Å². The van der Waals surface area contributed by atoms with Gasteiger partial charge in [0.1, 0.15) is 0 Å². The minimum atomic E-state index is 0.0371. The van der Waals surface area contributed by atoms with E-state index in [2.05, 4.69) is 36.7 Å². The van der Waals surface area contributed by atoms with Gasteiger partial charge in [-0.2, -0.15) is 0 Å². The number of likely N-dealkylation sites (N-methyl/N-ethyl adjacent to an activating group) is 1. The first-order valence-corrected chi connectivity index (χ1v) is 6.69. The van der Waals surface area contributed by atoms with Crippen LogP contribution in [0.1, 0.15) is 26.3 Å². The maximum absolute atomic E-state index is 11.2. The molecular formula is C15H25N3O. The zero-order valence-electron chi connectivity index (χ0n) is 12.3. The number of rotatable bonds is 6. The molecule has 0 aliphatic carbocycles. The van der Waals surface area contributed by atoms with Crippen LogP contribution in [0.3, 0.4) is 0 Å². The molecule has 1 amide bonds. The molecule has 0 saturated carbocycles. The van der Waals surface area contributed by atoms with Crippen LogP contribution in [0.5, 0.6) is 0 Å². The molecule has 0 spiro atoms. The zero-order valence-corrected chi connectivity index (χ0v) is 12.3. The lowest BCUT2D eigenvalue weighted by Crippen LogP contribution is -2.38. The molecule has 0 aliphatic rings. The van der Waals surface area contributed by atoms with Crippen LogP contribution in [-0.4, -0.2) is 31.6 Å². The molecular weight excluding hydrogens is 238 g/mol. The summed E-state index contributed by atoms with van der Waals surface area (Å²) >= 11 is 0. The molecule has 19 heavy (non-hydrogen) atoms. The van der Waals surface area contributed by atoms with Gasteiger partial charge < -0.3 is 16.0 Å². The van der Waals surface area contributed by atoms with E-state index >= 15 is 0 Å². The van der Waals surface area contributed by atoms with Crippen molar-refractivity contribution < 1.29 is 4.79 Å². The Morgan fingerprint density at radius 3 is 2.26 bits per heavy atom. The molecule has 3 N–H and O–H groups in total. The lowest BCUT2D eigenvalue weighted by Gasteiger charge is -2.20. The number of carbonyl (C=O) groups excluding carboxylic acids is 1. The van der Waals surface area contributed by atoms with Crippen molar-refractivity contribution in [3.8, 4) is 0 Å². The van der Waals surface area contributed by atoms with E-state index in [1.54, 1.807) is 7.05 Å². The highest BCUT2D eigenvalue weighted by Gasteiger charge is 2.07. The zero-order chi connectivity index (χ0) is 14.3. The van der Waals surface area contributed by atoms with E-state index in [4.69, 9.17) is 0 Å². The summed E-state index contributed by atoms with van der Waals surface area (Å²) in [5.74, 6) is 0.0371. The second-order valence-corrected chi connectivity index (χ2v) is 5.65. The summed E-state index contributed by atoms with van der Waals surface area (Å²) in [7, 11) is 1.65. The van der Waals surface area contributed by atoms with Gasteiger partial charge in [0, 0.05) is 31.4 Å². The molecule has 0 unspecified atom stereocenters. The summed E-state index contributed by atoms with van der Waals surface area (Å²) in [4.78, 5) is 11.2. The Kier molecular flexibility index (Phi) is 5.83. The molecule has 4 heteroatoms. The Balaban J connectivity index is 2.34. The van der Waals surface area contributed by atoms with E-state index in [1.807, 2.05) is 24.3 Å². The molecule has 0 heterocycles. The smallest absolute Gasteiger partial charge is 0.224 e. The molecule has 0 bridgehead atoms. The van der Waals surface area contributed by atoms with Crippen molar-refractivity contribution in [2.75, 3.05) is 25.5 Å². The van der Waals surface area contributed by atoms with Gasteiger partial charge in [0.15, 0.2) is 0 Å². The monoisotopic (exact) mass is 263 g/mol. The highest BCUT2D eigenvalue weighted by Crippen LogP contribution is 2.09. The summed E-state index contributed by atoms with van der Waals surface area (Å²) < 4.78 is 0. The van der Waals surface area contributed by atoms with E-state index in [0.29, 0.717) is 6.42 Å². The van der Waals surface area contributed by atoms with Crippen molar-refractivity contribution in [2.24, 2.45) is 0 Å². The van der Waals surface area contributed by atoms with Crippen LogP contribution in [0.2, 0.25) is 0 Å². The summed E-state index contributed by atoms with van der Waals surface area (Å²) in [6, 6.07) is 7.98. The Hall–Kier alpha value is -1.55. The third-order valence-corrected chi connectivity index (χ3v) is 2.71. The topological polar surface area (TPSA) is 53.2 Å². The minimum Gasteiger partial charge on any atom is -0.384 e. The Morgan fingerprint density at radius 2 is 1.74 bits per heavy atom. The number of hydrogen-bond donors (Lipinski definition) is 3. The van der Waals surface area contributed by atoms with Gasteiger partial charge in [-0.05, 0) is 38.5 Å². The molecule has 0 aliphatic heterocycles. The van der Waals surface area contributed by atoms with Crippen molar-refractivity contribution in [3.63, 3.8) is 0 Å². The van der Waals surface area contributed by atoms with Crippen molar-refractivity contribution >= 4 is 11.6 Å². The lowest BCUT2D eigenvalue weighted by molar-refractivity contribution is -0.119. The second-order valence-electron chi connectivity index (χ2n) is 5.65. The first kappa shape index (κ1) is 15.5. The average molecular weight is 263 g/mol. The standard InChI is InChI=1S/C15H25N3O/c1-15(2,3)18-10-9-17-13-7-5-12(6-8-13)11-14(19)16-4/h5-8,17-18H,9-11H2,1-4H3,(H,16,19). The number of benzene rings is 1. The first-order valence-electron chi connectivity index (χ1n) is 6.69. The third-order valence-electron chi connectivity index (χ3n) is 2.71. The van der Waals surface area contributed by atoms with Gasteiger partial charge in [-0.1, -0.05) is 12.1 Å². The normalized spacial score (nSPS) is 11.2. The number of nitrogens with one attached hydrogen (secondary N) is 3. The molecule has 4 nitrogen and oxygen atoms in total. The van der Waals surface area contributed by atoms with Crippen LogP contribution in [0.15, 0.2) is 24.3 Å². The molecule has 0 fully saturated rings. The molecule has 1 aromatic carbocycles. The molecule has 0 saturated heterocycles. The minimum absolute atomic E-state index is 0.0371. The number of hydrogen-bond acceptors (Lipinski definition) is 3. The fraction of sp³-hybridized carbons (Fsp3) is 0.533. The lowest BCUT2D eigenvalue weighted by atomic mass is 10.1. The Bertz CT molecular complexity index is 393. The Morgan fingerprint density at radius 1 is 1.11 bits per heavy atom.